The van der Waals surface area contributed by atoms with Crippen LogP contribution in [0.2, 0.25) is 0 Å². The number of nitrogens with zero attached hydrogens (tertiary/aromatic N) is 2. The van der Waals surface area contributed by atoms with Crippen molar-refractivity contribution in [3.05, 3.63) is 61.2 Å². The van der Waals surface area contributed by atoms with Gasteiger partial charge in [-0.25, -0.2) is 0 Å². The van der Waals surface area contributed by atoms with E-state index in [-0.39, 0.29) is 27.5 Å². The number of hydrogen-bond donors (Lipinski definition) is 3. The van der Waals surface area contributed by atoms with E-state index in [2.05, 4.69) is 4.98 Å². The second kappa shape index (κ2) is 5.62. The zero-order chi connectivity index (χ0) is 18.5. The van der Waals surface area contributed by atoms with Gasteiger partial charge in [-0.15, -0.1) is 0 Å². The molecule has 3 N–H and O–H groups in total. The van der Waals surface area contributed by atoms with Crippen molar-refractivity contribution in [3.63, 3.8) is 0 Å². The first-order valence-corrected chi connectivity index (χ1v) is 8.71. The van der Waals surface area contributed by atoms with Gasteiger partial charge in [-0.1, -0.05) is 18.2 Å². The summed E-state index contributed by atoms with van der Waals surface area (Å²) in [6, 6.07) is 7.19. The molecule has 0 aliphatic carbocycles. The average molecular weight is 365 g/mol. The van der Waals surface area contributed by atoms with Crippen molar-refractivity contribution in [1.29, 1.82) is 0 Å². The van der Waals surface area contributed by atoms with Crippen molar-refractivity contribution in [2.24, 2.45) is 0 Å². The molecule has 0 fully saturated rings. The Labute approximate surface area is 138 Å². The van der Waals surface area contributed by atoms with Gasteiger partial charge in [0.05, 0.1) is 21.3 Å². The normalized spacial score (nSPS) is 13.2. The number of aromatic amines is 1. The fraction of sp³-hybridized carbons (Fsp3) is 0.143. The lowest BCUT2D eigenvalue weighted by atomic mass is 10.1. The summed E-state index contributed by atoms with van der Waals surface area (Å²) in [4.78, 5) is 56.1. The molecule has 1 heterocycles. The second-order valence-corrected chi connectivity index (χ2v) is 7.37. The van der Waals surface area contributed by atoms with E-state index in [0.717, 1.165) is 13.0 Å². The molecule has 0 aliphatic heterocycles. The van der Waals surface area contributed by atoms with Gasteiger partial charge in [0.2, 0.25) is 0 Å². The van der Waals surface area contributed by atoms with Crippen molar-refractivity contribution in [1.82, 2.24) is 9.55 Å². The predicted molar refractivity (Wildman–Crippen MR) is 89.7 cm³/mol. The SMILES string of the molecule is CC(n1c(=O)c(=O)[nH]c2c3ccccc3c([N+](=O)[O-])cc21)P(=O)(O)O. The standard InChI is InChI=1S/C14H12N3O7P/c1-7(25(22,23)24)16-11-6-10(17(20)21)8-4-2-3-5-9(8)12(11)15-13(18)14(16)19/h2-7H,1H3,(H,15,18)(H2,22,23,24). The predicted octanol–water partition coefficient (Wildman–Crippen LogP) is 1.45. The topological polar surface area (TPSA) is 156 Å². The molecule has 0 aliphatic rings. The lowest BCUT2D eigenvalue weighted by molar-refractivity contribution is -0.383. The van der Waals surface area contributed by atoms with E-state index < -0.39 is 29.4 Å². The molecular formula is C14H12N3O7P. The minimum absolute atomic E-state index is 0.0890. The molecule has 1 aromatic heterocycles. The minimum atomic E-state index is -4.79. The molecular weight excluding hydrogens is 353 g/mol. The van der Waals surface area contributed by atoms with Crippen LogP contribution in [0.4, 0.5) is 5.69 Å². The first-order chi connectivity index (χ1) is 11.6. The Morgan fingerprint density at radius 3 is 2.40 bits per heavy atom. The zero-order valence-electron chi connectivity index (χ0n) is 12.7. The lowest BCUT2D eigenvalue weighted by Gasteiger charge is -2.19. The minimum Gasteiger partial charge on any atom is -0.323 e. The van der Waals surface area contributed by atoms with Gasteiger partial charge in [0.25, 0.3) is 5.69 Å². The number of nitro benzene ring substituents is 1. The van der Waals surface area contributed by atoms with E-state index in [4.69, 9.17) is 0 Å². The molecule has 0 amide bonds. The molecule has 0 saturated heterocycles. The Balaban J connectivity index is 2.63. The Bertz CT molecular complexity index is 1190. The fourth-order valence-electron chi connectivity index (χ4n) is 2.72. The molecule has 0 spiro atoms. The highest BCUT2D eigenvalue weighted by Crippen LogP contribution is 2.48. The van der Waals surface area contributed by atoms with Gasteiger partial charge >= 0.3 is 18.7 Å². The third kappa shape index (κ3) is 2.66. The van der Waals surface area contributed by atoms with Gasteiger partial charge in [0, 0.05) is 11.5 Å². The van der Waals surface area contributed by atoms with Crippen LogP contribution in [0.25, 0.3) is 21.8 Å². The molecule has 1 unspecified atom stereocenters. The van der Waals surface area contributed by atoms with Crippen LogP contribution in [-0.2, 0) is 4.57 Å². The molecule has 130 valence electrons. The Morgan fingerprint density at radius 2 is 1.84 bits per heavy atom. The molecule has 0 saturated carbocycles. The van der Waals surface area contributed by atoms with Gasteiger partial charge in [-0.2, -0.15) is 0 Å². The highest BCUT2D eigenvalue weighted by molar-refractivity contribution is 7.51. The van der Waals surface area contributed by atoms with Crippen molar-refractivity contribution in [2.75, 3.05) is 0 Å². The van der Waals surface area contributed by atoms with E-state index in [0.29, 0.717) is 4.57 Å². The largest absolute Gasteiger partial charge is 0.347 e. The monoisotopic (exact) mass is 365 g/mol. The first kappa shape index (κ1) is 17.0. The second-order valence-electron chi connectivity index (χ2n) is 5.44. The van der Waals surface area contributed by atoms with Crippen molar-refractivity contribution in [2.45, 2.75) is 12.7 Å². The highest BCUT2D eigenvalue weighted by atomic mass is 31.2. The van der Waals surface area contributed by atoms with Crippen molar-refractivity contribution < 1.29 is 19.3 Å². The van der Waals surface area contributed by atoms with Gasteiger partial charge in [0.15, 0.2) is 0 Å². The van der Waals surface area contributed by atoms with E-state index in [1.165, 1.54) is 12.1 Å². The summed E-state index contributed by atoms with van der Waals surface area (Å²) >= 11 is 0. The summed E-state index contributed by atoms with van der Waals surface area (Å²) in [6.07, 6.45) is 0. The quantitative estimate of drug-likeness (QED) is 0.208. The van der Waals surface area contributed by atoms with Crippen molar-refractivity contribution in [3.8, 4) is 0 Å². The van der Waals surface area contributed by atoms with Crippen LogP contribution >= 0.6 is 7.60 Å². The molecule has 1 atom stereocenters. The summed E-state index contributed by atoms with van der Waals surface area (Å²) in [5.41, 5.74) is -2.67. The molecule has 25 heavy (non-hydrogen) atoms. The van der Waals surface area contributed by atoms with Crippen LogP contribution in [0.5, 0.6) is 0 Å². The van der Waals surface area contributed by atoms with E-state index >= 15 is 0 Å². The number of nitrogens with one attached hydrogen (secondary N) is 1. The zero-order valence-corrected chi connectivity index (χ0v) is 13.6. The summed E-state index contributed by atoms with van der Waals surface area (Å²) in [6.45, 7) is 1.07. The highest BCUT2D eigenvalue weighted by Gasteiger charge is 2.30. The number of hydrogen-bond acceptors (Lipinski definition) is 5. The summed E-state index contributed by atoms with van der Waals surface area (Å²) in [5.74, 6) is -1.66. The van der Waals surface area contributed by atoms with Crippen LogP contribution < -0.4 is 11.1 Å². The van der Waals surface area contributed by atoms with Gasteiger partial charge in [-0.05, 0) is 13.0 Å². The van der Waals surface area contributed by atoms with Crippen LogP contribution in [0.3, 0.4) is 0 Å². The fourth-order valence-corrected chi connectivity index (χ4v) is 3.25. The summed E-state index contributed by atoms with van der Waals surface area (Å²) in [7, 11) is -4.79. The van der Waals surface area contributed by atoms with Gasteiger partial charge in [0.1, 0.15) is 5.78 Å². The Kier molecular flexibility index (Phi) is 3.83. The maximum absolute atomic E-state index is 12.2. The van der Waals surface area contributed by atoms with Crippen molar-refractivity contribution >= 4 is 35.1 Å². The van der Waals surface area contributed by atoms with Crippen LogP contribution in [0.1, 0.15) is 12.7 Å². The van der Waals surface area contributed by atoms with E-state index in [1.807, 2.05) is 0 Å². The van der Waals surface area contributed by atoms with E-state index in [9.17, 15) is 34.1 Å². The molecule has 3 rings (SSSR count). The van der Waals surface area contributed by atoms with Crippen LogP contribution in [0, 0.1) is 10.1 Å². The average Bonchev–Trinajstić information content (AvgIpc) is 2.54. The number of aromatic nitrogens is 2. The molecule has 0 bridgehead atoms. The smallest absolute Gasteiger partial charge is 0.323 e. The number of fused-ring (bicyclic) bond motifs is 3. The van der Waals surface area contributed by atoms with Gasteiger partial charge in [-0.3, -0.25) is 28.8 Å². The maximum Gasteiger partial charge on any atom is 0.347 e. The third-order valence-electron chi connectivity index (χ3n) is 3.97. The van der Waals surface area contributed by atoms with Gasteiger partial charge < -0.3 is 14.8 Å². The van der Waals surface area contributed by atoms with Crippen LogP contribution in [-0.4, -0.2) is 24.3 Å². The molecule has 3 aromatic rings. The number of benzene rings is 2. The number of nitro groups is 1. The lowest BCUT2D eigenvalue weighted by Crippen LogP contribution is -2.37. The number of H-pyrrole nitrogens is 1. The maximum atomic E-state index is 12.2. The summed E-state index contributed by atoms with van der Waals surface area (Å²) in [5, 5.41) is 11.9. The number of non-ortho nitro benzene ring substituents is 1. The first-order valence-electron chi connectivity index (χ1n) is 7.03. The molecule has 11 heteroatoms. The molecule has 2 aromatic carbocycles. The number of rotatable bonds is 3. The van der Waals surface area contributed by atoms with E-state index in [1.54, 1.807) is 12.1 Å². The molecule has 10 nitrogen and oxygen atoms in total. The summed E-state index contributed by atoms with van der Waals surface area (Å²) < 4.78 is 12.2. The van der Waals surface area contributed by atoms with Crippen LogP contribution in [0.15, 0.2) is 39.9 Å². The Hall–Kier alpha value is -2.81. The molecule has 0 radical (unpaired) electrons. The Morgan fingerprint density at radius 1 is 1.24 bits per heavy atom. The third-order valence-corrected chi connectivity index (χ3v) is 5.17.